The quantitative estimate of drug-likeness (QED) is 0.831. The molecular weight excluding hydrogens is 234 g/mol. The maximum atomic E-state index is 12.2. The molecule has 1 aromatic rings. The zero-order valence-electron chi connectivity index (χ0n) is 10.2. The van der Waals surface area contributed by atoms with Gasteiger partial charge in [0.1, 0.15) is 18.3 Å². The number of hydrogen-bond acceptors (Lipinski definition) is 4. The first-order valence-corrected chi connectivity index (χ1v) is 6.13. The molecule has 2 heterocycles. The summed E-state index contributed by atoms with van der Waals surface area (Å²) in [5.74, 6) is 1.38. The summed E-state index contributed by atoms with van der Waals surface area (Å²) in [6, 6.07) is -0.345. The van der Waals surface area contributed by atoms with Crippen LogP contribution < -0.4 is 5.32 Å². The van der Waals surface area contributed by atoms with Crippen molar-refractivity contribution in [3.8, 4) is 0 Å². The zero-order chi connectivity index (χ0) is 12.7. The first-order valence-electron chi connectivity index (χ1n) is 6.13. The predicted molar refractivity (Wildman–Crippen MR) is 61.3 cm³/mol. The van der Waals surface area contributed by atoms with Gasteiger partial charge in [-0.05, 0) is 25.7 Å². The van der Waals surface area contributed by atoms with E-state index in [9.17, 15) is 9.59 Å². The van der Waals surface area contributed by atoms with Crippen molar-refractivity contribution in [2.45, 2.75) is 32.4 Å². The van der Waals surface area contributed by atoms with Crippen molar-refractivity contribution in [2.75, 3.05) is 6.54 Å². The van der Waals surface area contributed by atoms with Crippen LogP contribution in [-0.4, -0.2) is 34.3 Å². The fourth-order valence-electron chi connectivity index (χ4n) is 2.25. The number of carbonyl (C=O) groups is 2. The van der Waals surface area contributed by atoms with Gasteiger partial charge in [0, 0.05) is 0 Å². The molecule has 1 N–H and O–H groups in total. The SMILES string of the molecule is Cc1cnc(CN2CC(=O)NC(C3CC3)C2=O)o1. The third-order valence-electron chi connectivity index (χ3n) is 3.32. The second kappa shape index (κ2) is 4.12. The van der Waals surface area contributed by atoms with Gasteiger partial charge in [0.2, 0.25) is 17.7 Å². The minimum atomic E-state index is -0.345. The highest BCUT2D eigenvalue weighted by atomic mass is 16.4. The largest absolute Gasteiger partial charge is 0.444 e. The maximum Gasteiger partial charge on any atom is 0.246 e. The van der Waals surface area contributed by atoms with Crippen LogP contribution in [0.3, 0.4) is 0 Å². The molecule has 1 aliphatic heterocycles. The minimum Gasteiger partial charge on any atom is -0.444 e. The lowest BCUT2D eigenvalue weighted by molar-refractivity contribution is -0.145. The molecule has 1 aliphatic carbocycles. The molecule has 2 fully saturated rings. The monoisotopic (exact) mass is 249 g/mol. The third kappa shape index (κ3) is 2.10. The first kappa shape index (κ1) is 11.3. The highest BCUT2D eigenvalue weighted by Gasteiger charge is 2.42. The minimum absolute atomic E-state index is 0.0204. The van der Waals surface area contributed by atoms with Crippen LogP contribution in [0.4, 0.5) is 0 Å². The summed E-state index contributed by atoms with van der Waals surface area (Å²) in [5, 5.41) is 2.77. The van der Waals surface area contributed by atoms with Crippen LogP contribution in [0.25, 0.3) is 0 Å². The van der Waals surface area contributed by atoms with Gasteiger partial charge in [-0.15, -0.1) is 0 Å². The van der Waals surface area contributed by atoms with Crippen molar-refractivity contribution >= 4 is 11.8 Å². The standard InChI is InChI=1S/C12H15N3O3/c1-7-4-13-10(18-7)6-15-5-9(16)14-11(12(15)17)8-2-3-8/h4,8,11H,2-3,5-6H2,1H3,(H,14,16). The van der Waals surface area contributed by atoms with Gasteiger partial charge < -0.3 is 14.6 Å². The Morgan fingerprint density at radius 2 is 2.28 bits per heavy atom. The third-order valence-corrected chi connectivity index (χ3v) is 3.32. The fraction of sp³-hybridized carbons (Fsp3) is 0.583. The predicted octanol–water partition coefficient (Wildman–Crippen LogP) is 0.220. The van der Waals surface area contributed by atoms with E-state index in [-0.39, 0.29) is 30.9 Å². The molecule has 3 rings (SSSR count). The summed E-state index contributed by atoms with van der Waals surface area (Å²) in [5.41, 5.74) is 0. The van der Waals surface area contributed by atoms with Crippen LogP contribution in [0.15, 0.2) is 10.6 Å². The van der Waals surface area contributed by atoms with Gasteiger partial charge in [0.25, 0.3) is 0 Å². The van der Waals surface area contributed by atoms with Crippen molar-refractivity contribution < 1.29 is 14.0 Å². The molecule has 0 bridgehead atoms. The second-order valence-electron chi connectivity index (χ2n) is 4.94. The van der Waals surface area contributed by atoms with Crippen LogP contribution in [-0.2, 0) is 16.1 Å². The Morgan fingerprint density at radius 1 is 1.50 bits per heavy atom. The van der Waals surface area contributed by atoms with Gasteiger partial charge in [0.15, 0.2) is 0 Å². The van der Waals surface area contributed by atoms with Crippen LogP contribution >= 0.6 is 0 Å². The van der Waals surface area contributed by atoms with Gasteiger partial charge in [0.05, 0.1) is 12.7 Å². The molecule has 1 unspecified atom stereocenters. The molecule has 1 atom stereocenters. The summed E-state index contributed by atoms with van der Waals surface area (Å²) >= 11 is 0. The Kier molecular flexibility index (Phi) is 2.57. The van der Waals surface area contributed by atoms with E-state index in [4.69, 9.17) is 4.42 Å². The van der Waals surface area contributed by atoms with Gasteiger partial charge in [-0.3, -0.25) is 9.59 Å². The number of hydrogen-bond donors (Lipinski definition) is 1. The number of nitrogens with zero attached hydrogens (tertiary/aromatic N) is 2. The van der Waals surface area contributed by atoms with E-state index in [0.717, 1.165) is 12.8 Å². The van der Waals surface area contributed by atoms with Crippen molar-refractivity contribution in [3.63, 3.8) is 0 Å². The Bertz CT molecular complexity index is 493. The van der Waals surface area contributed by atoms with Gasteiger partial charge in [-0.1, -0.05) is 0 Å². The van der Waals surface area contributed by atoms with E-state index in [1.54, 1.807) is 13.1 Å². The average molecular weight is 249 g/mol. The van der Waals surface area contributed by atoms with E-state index in [2.05, 4.69) is 10.3 Å². The van der Waals surface area contributed by atoms with Crippen LogP contribution in [0.2, 0.25) is 0 Å². The van der Waals surface area contributed by atoms with Crippen LogP contribution in [0.5, 0.6) is 0 Å². The van der Waals surface area contributed by atoms with Crippen molar-refractivity contribution in [1.29, 1.82) is 0 Å². The normalized spacial score (nSPS) is 24.3. The lowest BCUT2D eigenvalue weighted by atomic mass is 10.1. The van der Waals surface area contributed by atoms with E-state index in [0.29, 0.717) is 17.6 Å². The molecule has 0 spiro atoms. The summed E-state index contributed by atoms with van der Waals surface area (Å²) in [6.07, 6.45) is 3.65. The molecule has 2 aliphatic rings. The van der Waals surface area contributed by atoms with E-state index < -0.39 is 0 Å². The average Bonchev–Trinajstić information content (AvgIpc) is 3.08. The highest BCUT2D eigenvalue weighted by molar-refractivity contribution is 5.95. The van der Waals surface area contributed by atoms with Gasteiger partial charge in [-0.2, -0.15) is 0 Å². The van der Waals surface area contributed by atoms with Crippen molar-refractivity contribution in [3.05, 3.63) is 17.8 Å². The number of aryl methyl sites for hydroxylation is 1. The fourth-order valence-corrected chi connectivity index (χ4v) is 2.25. The highest BCUT2D eigenvalue weighted by Crippen LogP contribution is 2.34. The zero-order valence-corrected chi connectivity index (χ0v) is 10.2. The number of nitrogens with one attached hydrogen (secondary N) is 1. The molecule has 18 heavy (non-hydrogen) atoms. The topological polar surface area (TPSA) is 75.4 Å². The first-order chi connectivity index (χ1) is 8.63. The smallest absolute Gasteiger partial charge is 0.246 e. The van der Waals surface area contributed by atoms with E-state index in [1.807, 2.05) is 0 Å². The van der Waals surface area contributed by atoms with Crippen molar-refractivity contribution in [2.24, 2.45) is 5.92 Å². The molecule has 2 amide bonds. The molecular formula is C12H15N3O3. The number of amides is 2. The van der Waals surface area contributed by atoms with Gasteiger partial charge >= 0.3 is 0 Å². The molecule has 1 saturated heterocycles. The Hall–Kier alpha value is -1.85. The Balaban J connectivity index is 1.73. The Labute approximate surface area is 104 Å². The lowest BCUT2D eigenvalue weighted by Gasteiger charge is -2.31. The van der Waals surface area contributed by atoms with Gasteiger partial charge in [-0.25, -0.2) is 4.98 Å². The lowest BCUT2D eigenvalue weighted by Crippen LogP contribution is -2.58. The molecule has 96 valence electrons. The Morgan fingerprint density at radius 3 is 2.89 bits per heavy atom. The van der Waals surface area contributed by atoms with Crippen molar-refractivity contribution in [1.82, 2.24) is 15.2 Å². The molecule has 0 radical (unpaired) electrons. The maximum absolute atomic E-state index is 12.2. The molecule has 1 saturated carbocycles. The summed E-state index contributed by atoms with van der Waals surface area (Å²) in [4.78, 5) is 29.4. The number of carbonyl (C=O) groups excluding carboxylic acids is 2. The number of rotatable bonds is 3. The summed E-state index contributed by atoms with van der Waals surface area (Å²) < 4.78 is 5.34. The number of aromatic nitrogens is 1. The number of piperazine rings is 1. The summed E-state index contributed by atoms with van der Waals surface area (Å²) in [7, 11) is 0. The van der Waals surface area contributed by atoms with E-state index >= 15 is 0 Å². The number of oxazole rings is 1. The molecule has 1 aromatic heterocycles. The van der Waals surface area contributed by atoms with Crippen LogP contribution in [0, 0.1) is 12.8 Å². The summed E-state index contributed by atoms with van der Waals surface area (Å²) in [6.45, 7) is 2.15. The van der Waals surface area contributed by atoms with Crippen LogP contribution in [0.1, 0.15) is 24.5 Å². The molecule has 6 heteroatoms. The van der Waals surface area contributed by atoms with E-state index in [1.165, 1.54) is 4.90 Å². The molecule has 0 aromatic carbocycles. The molecule has 6 nitrogen and oxygen atoms in total. The second-order valence-corrected chi connectivity index (χ2v) is 4.94.